The molecule has 132 valence electrons. The number of ether oxygens (including phenoxy) is 2. The molecular weight excluding hydrogens is 419 g/mol. The minimum Gasteiger partial charge on any atom is -0.497 e. The summed E-state index contributed by atoms with van der Waals surface area (Å²) >= 11 is 0. The number of halogens is 3. The zero-order chi connectivity index (χ0) is 16.5. The quantitative estimate of drug-likeness (QED) is 0.368. The molecule has 0 saturated carbocycles. The van der Waals surface area contributed by atoms with E-state index in [0.717, 1.165) is 13.0 Å². The molecule has 0 aliphatic carbocycles. The van der Waals surface area contributed by atoms with Crippen LogP contribution in [0.2, 0.25) is 0 Å². The lowest BCUT2D eigenvalue weighted by molar-refractivity contribution is -0.0505. The topological polar surface area (TPSA) is 68.9 Å². The second-order valence-corrected chi connectivity index (χ2v) is 5.16. The SMILES string of the molecule is COc1ccc(CN=C(N)NCCC(C)C)c(OC(F)F)c1.I. The first-order valence-electron chi connectivity index (χ1n) is 7.08. The number of benzene rings is 1. The maximum absolute atomic E-state index is 12.4. The minimum atomic E-state index is -2.91. The Balaban J connectivity index is 0.00000484. The van der Waals surface area contributed by atoms with Crippen LogP contribution in [0.15, 0.2) is 23.2 Å². The lowest BCUT2D eigenvalue weighted by atomic mass is 10.1. The van der Waals surface area contributed by atoms with Crippen molar-refractivity contribution in [2.45, 2.75) is 33.4 Å². The van der Waals surface area contributed by atoms with Gasteiger partial charge in [0, 0.05) is 18.2 Å². The van der Waals surface area contributed by atoms with Crippen molar-refractivity contribution < 1.29 is 18.3 Å². The van der Waals surface area contributed by atoms with Crippen molar-refractivity contribution in [1.82, 2.24) is 5.32 Å². The highest BCUT2D eigenvalue weighted by atomic mass is 127. The normalized spacial score (nSPS) is 11.3. The summed E-state index contributed by atoms with van der Waals surface area (Å²) in [5.41, 5.74) is 6.25. The van der Waals surface area contributed by atoms with E-state index in [1.54, 1.807) is 12.1 Å². The summed E-state index contributed by atoms with van der Waals surface area (Å²) in [7, 11) is 1.45. The first-order chi connectivity index (χ1) is 10.4. The maximum atomic E-state index is 12.4. The number of rotatable bonds is 8. The van der Waals surface area contributed by atoms with Crippen molar-refractivity contribution in [3.8, 4) is 11.5 Å². The Labute approximate surface area is 152 Å². The van der Waals surface area contributed by atoms with Gasteiger partial charge in [-0.3, -0.25) is 0 Å². The summed E-state index contributed by atoms with van der Waals surface area (Å²) in [5, 5.41) is 2.98. The highest BCUT2D eigenvalue weighted by Crippen LogP contribution is 2.26. The average molecular weight is 443 g/mol. The lowest BCUT2D eigenvalue weighted by Gasteiger charge is -2.12. The van der Waals surface area contributed by atoms with E-state index in [1.165, 1.54) is 13.2 Å². The van der Waals surface area contributed by atoms with E-state index < -0.39 is 6.61 Å². The molecule has 5 nitrogen and oxygen atoms in total. The number of aliphatic imine (C=N–C) groups is 1. The maximum Gasteiger partial charge on any atom is 0.387 e. The fourth-order valence-electron chi connectivity index (χ4n) is 1.71. The molecule has 1 rings (SSSR count). The number of nitrogens with one attached hydrogen (secondary N) is 1. The largest absolute Gasteiger partial charge is 0.497 e. The zero-order valence-corrected chi connectivity index (χ0v) is 15.8. The molecule has 0 atom stereocenters. The molecule has 0 aromatic heterocycles. The van der Waals surface area contributed by atoms with Gasteiger partial charge in [0.15, 0.2) is 5.96 Å². The van der Waals surface area contributed by atoms with Crippen LogP contribution in [0.5, 0.6) is 11.5 Å². The van der Waals surface area contributed by atoms with E-state index in [9.17, 15) is 8.78 Å². The number of alkyl halides is 2. The van der Waals surface area contributed by atoms with Crippen molar-refractivity contribution in [1.29, 1.82) is 0 Å². The van der Waals surface area contributed by atoms with Gasteiger partial charge in [0.2, 0.25) is 0 Å². The van der Waals surface area contributed by atoms with Crippen LogP contribution >= 0.6 is 24.0 Å². The molecule has 0 aliphatic heterocycles. The minimum absolute atomic E-state index is 0. The molecule has 0 spiro atoms. The number of nitrogens with two attached hydrogens (primary N) is 1. The third-order valence-corrected chi connectivity index (χ3v) is 2.94. The van der Waals surface area contributed by atoms with Crippen molar-refractivity contribution in [3.63, 3.8) is 0 Å². The summed E-state index contributed by atoms with van der Waals surface area (Å²) in [5.74, 6) is 1.31. The summed E-state index contributed by atoms with van der Waals surface area (Å²) < 4.78 is 34.4. The lowest BCUT2D eigenvalue weighted by Crippen LogP contribution is -2.32. The van der Waals surface area contributed by atoms with Gasteiger partial charge in [0.1, 0.15) is 11.5 Å². The molecule has 1 aromatic carbocycles. The molecule has 23 heavy (non-hydrogen) atoms. The Kier molecular flexibility index (Phi) is 10.6. The van der Waals surface area contributed by atoms with Gasteiger partial charge in [-0.05, 0) is 24.5 Å². The van der Waals surface area contributed by atoms with Gasteiger partial charge in [-0.1, -0.05) is 13.8 Å². The first kappa shape index (κ1) is 21.7. The van der Waals surface area contributed by atoms with Crippen LogP contribution in [0.3, 0.4) is 0 Å². The summed E-state index contributed by atoms with van der Waals surface area (Å²) in [4.78, 5) is 4.13. The highest BCUT2D eigenvalue weighted by molar-refractivity contribution is 14.0. The molecule has 1 aromatic rings. The van der Waals surface area contributed by atoms with Crippen molar-refractivity contribution in [3.05, 3.63) is 23.8 Å². The molecular formula is C15H24F2IN3O2. The monoisotopic (exact) mass is 443 g/mol. The van der Waals surface area contributed by atoms with E-state index >= 15 is 0 Å². The third kappa shape index (κ3) is 8.77. The van der Waals surface area contributed by atoms with Gasteiger partial charge in [-0.15, -0.1) is 24.0 Å². The number of guanidine groups is 1. The fourth-order valence-corrected chi connectivity index (χ4v) is 1.71. The molecule has 0 saturated heterocycles. The first-order valence-corrected chi connectivity index (χ1v) is 7.08. The molecule has 0 unspecified atom stereocenters. The molecule has 0 amide bonds. The molecule has 0 bridgehead atoms. The van der Waals surface area contributed by atoms with Crippen LogP contribution in [0.1, 0.15) is 25.8 Å². The zero-order valence-electron chi connectivity index (χ0n) is 13.5. The van der Waals surface area contributed by atoms with E-state index in [-0.39, 0.29) is 42.2 Å². The van der Waals surface area contributed by atoms with Crippen LogP contribution in [0.4, 0.5) is 8.78 Å². The Bertz CT molecular complexity index is 500. The molecule has 0 aliphatic rings. The number of hydrogen-bond acceptors (Lipinski definition) is 3. The molecule has 0 fully saturated rings. The molecule has 0 heterocycles. The Morgan fingerprint density at radius 3 is 2.61 bits per heavy atom. The van der Waals surface area contributed by atoms with Crippen LogP contribution < -0.4 is 20.5 Å². The predicted octanol–water partition coefficient (Wildman–Crippen LogP) is 3.37. The van der Waals surface area contributed by atoms with Crippen LogP contribution in [0, 0.1) is 5.92 Å². The van der Waals surface area contributed by atoms with Gasteiger partial charge in [0.05, 0.1) is 13.7 Å². The average Bonchev–Trinajstić information content (AvgIpc) is 2.44. The van der Waals surface area contributed by atoms with E-state index in [0.29, 0.717) is 17.2 Å². The summed E-state index contributed by atoms with van der Waals surface area (Å²) in [6.07, 6.45) is 0.971. The van der Waals surface area contributed by atoms with Gasteiger partial charge in [-0.2, -0.15) is 8.78 Å². The second-order valence-electron chi connectivity index (χ2n) is 5.16. The van der Waals surface area contributed by atoms with Crippen LogP contribution in [-0.4, -0.2) is 26.2 Å². The smallest absolute Gasteiger partial charge is 0.387 e. The fraction of sp³-hybridized carbons (Fsp3) is 0.533. The molecule has 0 radical (unpaired) electrons. The van der Waals surface area contributed by atoms with E-state index in [1.807, 2.05) is 0 Å². The third-order valence-electron chi connectivity index (χ3n) is 2.94. The highest BCUT2D eigenvalue weighted by Gasteiger charge is 2.11. The van der Waals surface area contributed by atoms with Gasteiger partial charge >= 0.3 is 6.61 Å². The van der Waals surface area contributed by atoms with Crippen LogP contribution in [-0.2, 0) is 6.54 Å². The van der Waals surface area contributed by atoms with Crippen molar-refractivity contribution in [2.75, 3.05) is 13.7 Å². The van der Waals surface area contributed by atoms with Gasteiger partial charge in [-0.25, -0.2) is 4.99 Å². The standard InChI is InChI=1S/C15H23F2N3O2.HI/c1-10(2)6-7-19-15(18)20-9-11-4-5-12(21-3)8-13(11)22-14(16)17;/h4-5,8,10,14H,6-7,9H2,1-3H3,(H3,18,19,20);1H. The van der Waals surface area contributed by atoms with Gasteiger partial charge < -0.3 is 20.5 Å². The summed E-state index contributed by atoms with van der Waals surface area (Å²) in [6, 6.07) is 4.69. The number of nitrogens with zero attached hydrogens (tertiary/aromatic N) is 1. The van der Waals surface area contributed by atoms with E-state index in [2.05, 4.69) is 28.9 Å². The van der Waals surface area contributed by atoms with Crippen molar-refractivity contribution in [2.24, 2.45) is 16.6 Å². The Morgan fingerprint density at radius 2 is 2.04 bits per heavy atom. The second kappa shape index (κ2) is 11.3. The Morgan fingerprint density at radius 1 is 1.35 bits per heavy atom. The number of hydrogen-bond donors (Lipinski definition) is 2. The summed E-state index contributed by atoms with van der Waals surface area (Å²) in [6.45, 7) is 2.18. The number of methoxy groups -OCH3 is 1. The van der Waals surface area contributed by atoms with Gasteiger partial charge in [0.25, 0.3) is 0 Å². The Hall–Kier alpha value is -1.32. The predicted molar refractivity (Wildman–Crippen MR) is 97.8 cm³/mol. The molecule has 3 N–H and O–H groups in total. The molecule has 8 heteroatoms. The van der Waals surface area contributed by atoms with E-state index in [4.69, 9.17) is 10.5 Å². The van der Waals surface area contributed by atoms with Crippen LogP contribution in [0.25, 0.3) is 0 Å². The van der Waals surface area contributed by atoms with Crippen molar-refractivity contribution >= 4 is 29.9 Å².